The van der Waals surface area contributed by atoms with Crippen LogP contribution in [0.2, 0.25) is 5.02 Å². The molecule has 0 aliphatic rings. The SMILES string of the molecule is CCCNc1ccc(Cl)c(Cn2c(C)ncc(I)c2=O)n1. The first-order chi connectivity index (χ1) is 10.0. The summed E-state index contributed by atoms with van der Waals surface area (Å²) >= 11 is 8.18. The number of hydrogen-bond donors (Lipinski definition) is 1. The van der Waals surface area contributed by atoms with E-state index in [4.69, 9.17) is 11.6 Å². The number of anilines is 1. The highest BCUT2D eigenvalue weighted by atomic mass is 127. The van der Waals surface area contributed by atoms with Crippen molar-refractivity contribution >= 4 is 40.0 Å². The molecule has 0 saturated heterocycles. The highest BCUT2D eigenvalue weighted by Crippen LogP contribution is 2.18. The molecule has 0 saturated carbocycles. The Kier molecular flexibility index (Phi) is 5.58. The zero-order chi connectivity index (χ0) is 15.4. The average molecular weight is 419 g/mol. The molecule has 2 heterocycles. The summed E-state index contributed by atoms with van der Waals surface area (Å²) in [6.45, 7) is 5.04. The van der Waals surface area contributed by atoms with Crippen LogP contribution in [0.3, 0.4) is 0 Å². The molecule has 2 aromatic rings. The fraction of sp³-hybridized carbons (Fsp3) is 0.357. The normalized spacial score (nSPS) is 10.7. The second-order valence-electron chi connectivity index (χ2n) is 4.60. The van der Waals surface area contributed by atoms with E-state index >= 15 is 0 Å². The van der Waals surface area contributed by atoms with Gasteiger partial charge in [-0.05, 0) is 48.1 Å². The van der Waals surface area contributed by atoms with Crippen molar-refractivity contribution in [3.05, 3.63) is 48.8 Å². The van der Waals surface area contributed by atoms with Crippen LogP contribution in [0.4, 0.5) is 5.82 Å². The van der Waals surface area contributed by atoms with Crippen LogP contribution in [-0.2, 0) is 6.54 Å². The van der Waals surface area contributed by atoms with Crippen LogP contribution in [0.1, 0.15) is 24.9 Å². The van der Waals surface area contributed by atoms with Crippen LogP contribution in [0, 0.1) is 10.5 Å². The number of halogens is 2. The van der Waals surface area contributed by atoms with Crippen LogP contribution in [0.15, 0.2) is 23.1 Å². The van der Waals surface area contributed by atoms with Crippen molar-refractivity contribution in [1.29, 1.82) is 0 Å². The van der Waals surface area contributed by atoms with Crippen molar-refractivity contribution in [2.45, 2.75) is 26.8 Å². The maximum absolute atomic E-state index is 12.2. The van der Waals surface area contributed by atoms with Gasteiger partial charge in [-0.2, -0.15) is 0 Å². The molecule has 0 spiro atoms. The lowest BCUT2D eigenvalue weighted by molar-refractivity contribution is 0.682. The number of rotatable bonds is 5. The summed E-state index contributed by atoms with van der Waals surface area (Å²) in [5.74, 6) is 1.41. The van der Waals surface area contributed by atoms with Gasteiger partial charge in [0.05, 0.1) is 20.8 Å². The smallest absolute Gasteiger partial charge is 0.267 e. The predicted octanol–water partition coefficient (Wildman–Crippen LogP) is 3.07. The fourth-order valence-electron chi connectivity index (χ4n) is 1.83. The van der Waals surface area contributed by atoms with Gasteiger partial charge in [-0.3, -0.25) is 9.36 Å². The molecular weight excluding hydrogens is 403 g/mol. The molecule has 0 aliphatic carbocycles. The molecular formula is C14H16ClIN4O. The second kappa shape index (κ2) is 7.22. The Morgan fingerprint density at radius 3 is 2.90 bits per heavy atom. The Morgan fingerprint density at radius 1 is 1.43 bits per heavy atom. The number of pyridine rings is 1. The molecule has 112 valence electrons. The van der Waals surface area contributed by atoms with E-state index in [1.807, 2.05) is 28.7 Å². The van der Waals surface area contributed by atoms with Gasteiger partial charge >= 0.3 is 0 Å². The minimum absolute atomic E-state index is 0.0760. The van der Waals surface area contributed by atoms with E-state index in [0.717, 1.165) is 18.8 Å². The summed E-state index contributed by atoms with van der Waals surface area (Å²) < 4.78 is 2.16. The zero-order valence-corrected chi connectivity index (χ0v) is 14.8. The third-order valence-corrected chi connectivity index (χ3v) is 4.07. The van der Waals surface area contributed by atoms with E-state index in [1.54, 1.807) is 23.8 Å². The summed E-state index contributed by atoms with van der Waals surface area (Å²) in [5.41, 5.74) is 0.583. The zero-order valence-electron chi connectivity index (χ0n) is 11.9. The van der Waals surface area contributed by atoms with Gasteiger partial charge in [0, 0.05) is 12.7 Å². The Morgan fingerprint density at radius 2 is 2.19 bits per heavy atom. The molecule has 0 fully saturated rings. The molecule has 5 nitrogen and oxygen atoms in total. The van der Waals surface area contributed by atoms with E-state index in [2.05, 4.69) is 22.2 Å². The van der Waals surface area contributed by atoms with Crippen molar-refractivity contribution in [1.82, 2.24) is 14.5 Å². The lowest BCUT2D eigenvalue weighted by atomic mass is 10.3. The standard InChI is InChI=1S/C14H16ClIN4O/c1-3-6-17-13-5-4-10(15)12(19-13)8-20-9(2)18-7-11(16)14(20)21/h4-5,7H,3,6,8H2,1-2H3,(H,17,19). The van der Waals surface area contributed by atoms with Gasteiger partial charge in [-0.25, -0.2) is 9.97 Å². The van der Waals surface area contributed by atoms with Crippen LogP contribution in [-0.4, -0.2) is 21.1 Å². The fourth-order valence-corrected chi connectivity index (χ4v) is 2.43. The summed E-state index contributed by atoms with van der Waals surface area (Å²) in [4.78, 5) is 20.9. The maximum Gasteiger partial charge on any atom is 0.267 e. The minimum Gasteiger partial charge on any atom is -0.370 e. The number of nitrogens with one attached hydrogen (secondary N) is 1. The van der Waals surface area contributed by atoms with Gasteiger partial charge in [0.1, 0.15) is 11.6 Å². The van der Waals surface area contributed by atoms with Gasteiger partial charge in [0.2, 0.25) is 0 Å². The number of nitrogens with zero attached hydrogens (tertiary/aromatic N) is 3. The third kappa shape index (κ3) is 3.94. The molecule has 2 rings (SSSR count). The van der Waals surface area contributed by atoms with E-state index in [-0.39, 0.29) is 5.56 Å². The maximum atomic E-state index is 12.2. The highest BCUT2D eigenvalue weighted by molar-refractivity contribution is 14.1. The molecule has 0 amide bonds. The molecule has 0 unspecified atom stereocenters. The summed E-state index contributed by atoms with van der Waals surface area (Å²) in [7, 11) is 0. The quantitative estimate of drug-likeness (QED) is 0.758. The van der Waals surface area contributed by atoms with E-state index < -0.39 is 0 Å². The van der Waals surface area contributed by atoms with Crippen LogP contribution in [0.5, 0.6) is 0 Å². The number of aryl methyl sites for hydroxylation is 1. The highest BCUT2D eigenvalue weighted by Gasteiger charge is 2.10. The van der Waals surface area contributed by atoms with Gasteiger partial charge in [0.25, 0.3) is 5.56 Å². The first kappa shape index (κ1) is 16.2. The van der Waals surface area contributed by atoms with Gasteiger partial charge in [-0.1, -0.05) is 18.5 Å². The summed E-state index contributed by atoms with van der Waals surface area (Å²) in [6, 6.07) is 3.63. The Labute approximate surface area is 141 Å². The molecule has 21 heavy (non-hydrogen) atoms. The molecule has 0 bridgehead atoms. The van der Waals surface area contributed by atoms with E-state index in [1.165, 1.54) is 0 Å². The molecule has 0 aliphatic heterocycles. The molecule has 2 aromatic heterocycles. The molecule has 0 aromatic carbocycles. The Bertz CT molecular complexity index is 702. The summed E-state index contributed by atoms with van der Waals surface area (Å²) in [5, 5.41) is 3.76. The molecule has 0 radical (unpaired) electrons. The Balaban J connectivity index is 2.35. The van der Waals surface area contributed by atoms with E-state index in [9.17, 15) is 4.79 Å². The predicted molar refractivity (Wildman–Crippen MR) is 93.1 cm³/mol. The van der Waals surface area contributed by atoms with Crippen molar-refractivity contribution in [2.24, 2.45) is 0 Å². The lowest BCUT2D eigenvalue weighted by Crippen LogP contribution is -2.26. The topological polar surface area (TPSA) is 59.8 Å². The van der Waals surface area contributed by atoms with Crippen molar-refractivity contribution in [3.63, 3.8) is 0 Å². The average Bonchev–Trinajstić information content (AvgIpc) is 2.48. The van der Waals surface area contributed by atoms with Crippen LogP contribution >= 0.6 is 34.2 Å². The number of hydrogen-bond acceptors (Lipinski definition) is 4. The van der Waals surface area contributed by atoms with E-state index in [0.29, 0.717) is 26.7 Å². The lowest BCUT2D eigenvalue weighted by Gasteiger charge is -2.12. The van der Waals surface area contributed by atoms with Crippen LogP contribution < -0.4 is 10.9 Å². The monoisotopic (exact) mass is 418 g/mol. The summed E-state index contributed by atoms with van der Waals surface area (Å²) in [6.07, 6.45) is 2.59. The van der Waals surface area contributed by atoms with Gasteiger partial charge in [0.15, 0.2) is 0 Å². The largest absolute Gasteiger partial charge is 0.370 e. The van der Waals surface area contributed by atoms with Crippen molar-refractivity contribution in [3.8, 4) is 0 Å². The molecule has 0 atom stereocenters. The number of aromatic nitrogens is 3. The molecule has 7 heteroatoms. The third-order valence-electron chi connectivity index (χ3n) is 2.99. The van der Waals surface area contributed by atoms with Crippen molar-refractivity contribution in [2.75, 3.05) is 11.9 Å². The molecule has 1 N–H and O–H groups in total. The second-order valence-corrected chi connectivity index (χ2v) is 6.17. The first-order valence-corrected chi connectivity index (χ1v) is 8.09. The first-order valence-electron chi connectivity index (χ1n) is 6.64. The van der Waals surface area contributed by atoms with Crippen LogP contribution in [0.25, 0.3) is 0 Å². The minimum atomic E-state index is -0.0760. The van der Waals surface area contributed by atoms with Gasteiger partial charge < -0.3 is 5.32 Å². The van der Waals surface area contributed by atoms with Crippen molar-refractivity contribution < 1.29 is 0 Å². The van der Waals surface area contributed by atoms with Gasteiger partial charge in [-0.15, -0.1) is 0 Å². The Hall–Kier alpha value is -1.15.